The summed E-state index contributed by atoms with van der Waals surface area (Å²) in [5, 5.41) is 15.8. The van der Waals surface area contributed by atoms with Gasteiger partial charge in [-0.1, -0.05) is 0 Å². The number of aliphatic carboxylic acids is 1. The molecule has 0 aliphatic rings. The Morgan fingerprint density at radius 2 is 1.62 bits per heavy atom. The second-order valence-corrected chi connectivity index (χ2v) is 1.01. The highest BCUT2D eigenvalue weighted by molar-refractivity contribution is 5.76. The van der Waals surface area contributed by atoms with E-state index in [1.165, 1.54) is 6.92 Å². The van der Waals surface area contributed by atoms with Crippen LogP contribution >= 0.6 is 0 Å². The Balaban J connectivity index is -0.000000125. The van der Waals surface area contributed by atoms with Gasteiger partial charge < -0.3 is 10.2 Å². The number of carboxylic acid groups (broad SMARTS) is 1. The first-order valence-electron chi connectivity index (χ1n) is 1.55. The van der Waals surface area contributed by atoms with E-state index in [1.807, 2.05) is 0 Å². The van der Waals surface area contributed by atoms with E-state index in [0.717, 1.165) is 0 Å². The summed E-state index contributed by atoms with van der Waals surface area (Å²) in [6.45, 7) is 1.20. The van der Waals surface area contributed by atoms with Crippen molar-refractivity contribution in [2.75, 3.05) is 0 Å². The SMILES string of the molecule is CC(O)C(=O)O.[AlH3].[AlH3]. The molecule has 0 aromatic carbocycles. The molecule has 8 heavy (non-hydrogen) atoms. The minimum absolute atomic E-state index is 0. The van der Waals surface area contributed by atoms with Gasteiger partial charge in [0.1, 0.15) is 6.10 Å². The van der Waals surface area contributed by atoms with Gasteiger partial charge in [0.25, 0.3) is 0 Å². The fourth-order valence-electron chi connectivity index (χ4n) is 0. The number of hydrogen-bond acceptors (Lipinski definition) is 2. The Morgan fingerprint density at radius 1 is 1.50 bits per heavy atom. The number of carbonyl (C=O) groups is 1. The molecular formula is C3H12Al2O3. The molecule has 0 bridgehead atoms. The highest BCUT2D eigenvalue weighted by Crippen LogP contribution is 1.73. The van der Waals surface area contributed by atoms with E-state index in [1.54, 1.807) is 0 Å². The van der Waals surface area contributed by atoms with Gasteiger partial charge in [-0.2, -0.15) is 0 Å². The third-order valence-electron chi connectivity index (χ3n) is 0.357. The first-order chi connectivity index (χ1) is 2.64. The second kappa shape index (κ2) is 7.49. The Hall–Kier alpha value is 0.495. The van der Waals surface area contributed by atoms with Gasteiger partial charge in [-0.05, 0) is 6.92 Å². The van der Waals surface area contributed by atoms with Crippen molar-refractivity contribution >= 4 is 40.7 Å². The van der Waals surface area contributed by atoms with Crippen molar-refractivity contribution in [1.82, 2.24) is 0 Å². The molecule has 2 N–H and O–H groups in total. The first-order valence-corrected chi connectivity index (χ1v) is 1.55. The number of hydrogen-bond donors (Lipinski definition) is 2. The molecule has 0 radical (unpaired) electrons. The summed E-state index contributed by atoms with van der Waals surface area (Å²) in [6, 6.07) is 0. The van der Waals surface area contributed by atoms with Gasteiger partial charge in [0.2, 0.25) is 0 Å². The maximum atomic E-state index is 9.45. The van der Waals surface area contributed by atoms with Gasteiger partial charge in [-0.15, -0.1) is 0 Å². The van der Waals surface area contributed by atoms with Gasteiger partial charge in [0, 0.05) is 0 Å². The van der Waals surface area contributed by atoms with Crippen molar-refractivity contribution in [3.05, 3.63) is 0 Å². The largest absolute Gasteiger partial charge is 0.479 e. The molecule has 3 nitrogen and oxygen atoms in total. The summed E-state index contributed by atoms with van der Waals surface area (Å²) in [7, 11) is 0. The van der Waals surface area contributed by atoms with Crippen LogP contribution in [0, 0.1) is 0 Å². The molecule has 0 aliphatic heterocycles. The third-order valence-corrected chi connectivity index (χ3v) is 0.357. The summed E-state index contributed by atoms with van der Waals surface area (Å²) in [5.74, 6) is -1.19. The second-order valence-electron chi connectivity index (χ2n) is 1.01. The highest BCUT2D eigenvalue weighted by Gasteiger charge is 2.01. The van der Waals surface area contributed by atoms with Crippen LogP contribution in [-0.2, 0) is 4.79 Å². The molecule has 0 rings (SSSR count). The summed E-state index contributed by atoms with van der Waals surface area (Å²) in [4.78, 5) is 9.45. The molecule has 0 aromatic rings. The zero-order chi connectivity index (χ0) is 5.15. The van der Waals surface area contributed by atoms with Crippen molar-refractivity contribution in [2.24, 2.45) is 0 Å². The number of rotatable bonds is 1. The Morgan fingerprint density at radius 3 is 1.62 bits per heavy atom. The van der Waals surface area contributed by atoms with Gasteiger partial charge in [0.05, 0.1) is 0 Å². The van der Waals surface area contributed by atoms with Gasteiger partial charge >= 0.3 is 5.97 Å². The van der Waals surface area contributed by atoms with Crippen LogP contribution in [0.2, 0.25) is 0 Å². The van der Waals surface area contributed by atoms with E-state index < -0.39 is 12.1 Å². The van der Waals surface area contributed by atoms with E-state index in [2.05, 4.69) is 0 Å². The van der Waals surface area contributed by atoms with Crippen LogP contribution in [-0.4, -0.2) is 57.0 Å². The average molecular weight is 150 g/mol. The minimum atomic E-state index is -1.23. The van der Waals surface area contributed by atoms with Crippen LogP contribution in [0.3, 0.4) is 0 Å². The highest BCUT2D eigenvalue weighted by atomic mass is 27.0. The van der Waals surface area contributed by atoms with E-state index in [0.29, 0.717) is 0 Å². The zero-order valence-electron chi connectivity index (χ0n) is 3.38. The maximum absolute atomic E-state index is 9.45. The van der Waals surface area contributed by atoms with E-state index in [-0.39, 0.29) is 34.7 Å². The first kappa shape index (κ1) is 15.8. The van der Waals surface area contributed by atoms with Crippen molar-refractivity contribution in [3.63, 3.8) is 0 Å². The van der Waals surface area contributed by atoms with Crippen LogP contribution in [0.4, 0.5) is 0 Å². The van der Waals surface area contributed by atoms with Gasteiger partial charge in [-0.25, -0.2) is 4.79 Å². The summed E-state index contributed by atoms with van der Waals surface area (Å²) >= 11 is 0. The molecule has 0 aromatic heterocycles. The van der Waals surface area contributed by atoms with Crippen LogP contribution in [0.15, 0.2) is 0 Å². The molecule has 1 atom stereocenters. The molecule has 0 amide bonds. The summed E-state index contributed by atoms with van der Waals surface area (Å²) < 4.78 is 0. The lowest BCUT2D eigenvalue weighted by atomic mass is 10.4. The van der Waals surface area contributed by atoms with Crippen LogP contribution in [0.25, 0.3) is 0 Å². The van der Waals surface area contributed by atoms with Gasteiger partial charge in [0.15, 0.2) is 34.7 Å². The fraction of sp³-hybridized carbons (Fsp3) is 0.667. The van der Waals surface area contributed by atoms with E-state index >= 15 is 0 Å². The maximum Gasteiger partial charge on any atom is 0.332 e. The quantitative estimate of drug-likeness (QED) is 0.394. The Labute approximate surface area is 69.0 Å². The Kier molecular flexibility index (Phi) is 14.8. The number of carboxylic acids is 1. The third kappa shape index (κ3) is 9.71. The number of aliphatic hydroxyl groups is 1. The Bertz CT molecular complexity index is 63.5. The molecule has 0 saturated carbocycles. The predicted molar refractivity (Wildman–Crippen MR) is 39.2 cm³/mol. The lowest BCUT2D eigenvalue weighted by Crippen LogP contribution is -2.13. The molecule has 0 aliphatic carbocycles. The van der Waals surface area contributed by atoms with Crippen molar-refractivity contribution in [3.8, 4) is 0 Å². The van der Waals surface area contributed by atoms with E-state index in [4.69, 9.17) is 10.2 Å². The predicted octanol–water partition coefficient (Wildman–Crippen LogP) is -2.92. The van der Waals surface area contributed by atoms with Crippen molar-refractivity contribution < 1.29 is 15.0 Å². The standard InChI is InChI=1S/C3H6O3.2Al.6H/c1-2(4)3(5)6;;;;;;;;/h2,4H,1H3,(H,5,6);;;;;;;;. The van der Waals surface area contributed by atoms with Crippen molar-refractivity contribution in [2.45, 2.75) is 13.0 Å². The lowest BCUT2D eigenvalue weighted by molar-refractivity contribution is -0.145. The lowest BCUT2D eigenvalue weighted by Gasteiger charge is -1.89. The van der Waals surface area contributed by atoms with Crippen LogP contribution < -0.4 is 0 Å². The van der Waals surface area contributed by atoms with E-state index in [9.17, 15) is 4.79 Å². The molecule has 48 valence electrons. The van der Waals surface area contributed by atoms with Crippen LogP contribution in [0.1, 0.15) is 6.92 Å². The topological polar surface area (TPSA) is 57.5 Å². The summed E-state index contributed by atoms with van der Waals surface area (Å²) in [5.41, 5.74) is 0. The fourth-order valence-corrected chi connectivity index (χ4v) is 0. The molecule has 0 spiro atoms. The average Bonchev–Trinajstić information content (AvgIpc) is 1.36. The molecule has 0 saturated heterocycles. The molecular weight excluding hydrogens is 138 g/mol. The van der Waals surface area contributed by atoms with Gasteiger partial charge in [-0.3, -0.25) is 0 Å². The zero-order valence-corrected chi connectivity index (χ0v) is 3.38. The smallest absolute Gasteiger partial charge is 0.332 e. The molecule has 1 unspecified atom stereocenters. The molecule has 5 heteroatoms. The summed E-state index contributed by atoms with van der Waals surface area (Å²) in [6.07, 6.45) is -1.23. The van der Waals surface area contributed by atoms with Crippen LogP contribution in [0.5, 0.6) is 0 Å². The number of aliphatic hydroxyl groups excluding tert-OH is 1. The minimum Gasteiger partial charge on any atom is -0.479 e. The van der Waals surface area contributed by atoms with Crippen molar-refractivity contribution in [1.29, 1.82) is 0 Å². The molecule has 0 fully saturated rings. The normalized spacial score (nSPS) is 10.2. The monoisotopic (exact) mass is 150 g/mol. The molecule has 0 heterocycles.